The zero-order chi connectivity index (χ0) is 13.9. The molecule has 2 aliphatic heterocycles. The molecule has 2 fully saturated rings. The quantitative estimate of drug-likeness (QED) is 0.884. The summed E-state index contributed by atoms with van der Waals surface area (Å²) in [6, 6.07) is 2.15. The maximum atomic E-state index is 12.3. The maximum absolute atomic E-state index is 12.3. The fraction of sp³-hybridized carbons (Fsp3) is 0.571. The van der Waals surface area contributed by atoms with E-state index >= 15 is 0 Å². The Labute approximate surface area is 122 Å². The van der Waals surface area contributed by atoms with Crippen molar-refractivity contribution in [2.24, 2.45) is 5.92 Å². The number of nitrogens with one attached hydrogen (secondary N) is 1. The molecule has 6 heteroatoms. The van der Waals surface area contributed by atoms with Gasteiger partial charge < -0.3 is 10.2 Å². The molecule has 5 nitrogen and oxygen atoms in total. The molecule has 20 heavy (non-hydrogen) atoms. The van der Waals surface area contributed by atoms with E-state index < -0.39 is 0 Å². The molecular weight excluding hydrogens is 274 g/mol. The zero-order valence-electron chi connectivity index (χ0n) is 11.4. The molecule has 1 aromatic heterocycles. The summed E-state index contributed by atoms with van der Waals surface area (Å²) in [7, 11) is 0. The molecule has 0 aliphatic carbocycles. The molecule has 2 aliphatic rings. The standard InChI is InChI=1S/C14H19N3O2S/c18-13-7-12(8-15-13)14(19)17-4-2-16(3-5-17)9-11-1-6-20-10-11/h1,6,10,12H,2-5,7-9H2,(H,15,18). The first-order chi connectivity index (χ1) is 9.72. The normalized spacial score (nSPS) is 23.9. The number of piperazine rings is 1. The lowest BCUT2D eigenvalue weighted by atomic mass is 10.1. The first-order valence-corrected chi connectivity index (χ1v) is 7.95. The van der Waals surface area contributed by atoms with Crippen molar-refractivity contribution in [2.45, 2.75) is 13.0 Å². The Balaban J connectivity index is 1.48. The first kappa shape index (κ1) is 13.6. The highest BCUT2D eigenvalue weighted by Gasteiger charge is 2.32. The van der Waals surface area contributed by atoms with Crippen molar-refractivity contribution in [1.82, 2.24) is 15.1 Å². The second-order valence-electron chi connectivity index (χ2n) is 5.44. The van der Waals surface area contributed by atoms with Crippen molar-refractivity contribution < 1.29 is 9.59 Å². The average molecular weight is 293 g/mol. The zero-order valence-corrected chi connectivity index (χ0v) is 12.2. The van der Waals surface area contributed by atoms with Gasteiger partial charge in [0.15, 0.2) is 0 Å². The Morgan fingerprint density at radius 2 is 2.15 bits per heavy atom. The maximum Gasteiger partial charge on any atom is 0.228 e. The van der Waals surface area contributed by atoms with E-state index in [4.69, 9.17) is 0 Å². The van der Waals surface area contributed by atoms with Crippen LogP contribution >= 0.6 is 11.3 Å². The van der Waals surface area contributed by atoms with Crippen LogP contribution in [0, 0.1) is 5.92 Å². The average Bonchev–Trinajstić information content (AvgIpc) is 3.10. The van der Waals surface area contributed by atoms with Crippen LogP contribution in [0.4, 0.5) is 0 Å². The summed E-state index contributed by atoms with van der Waals surface area (Å²) in [5.74, 6) is -0.0103. The van der Waals surface area contributed by atoms with E-state index in [0.29, 0.717) is 13.0 Å². The molecule has 0 spiro atoms. The Hall–Kier alpha value is -1.40. The van der Waals surface area contributed by atoms with Crippen LogP contribution in [0.25, 0.3) is 0 Å². The Kier molecular flexibility index (Phi) is 4.03. The van der Waals surface area contributed by atoms with E-state index in [1.54, 1.807) is 11.3 Å². The third kappa shape index (κ3) is 3.02. The van der Waals surface area contributed by atoms with E-state index in [2.05, 4.69) is 27.0 Å². The Morgan fingerprint density at radius 1 is 1.35 bits per heavy atom. The monoisotopic (exact) mass is 293 g/mol. The van der Waals surface area contributed by atoms with Crippen molar-refractivity contribution in [1.29, 1.82) is 0 Å². The number of thiophene rings is 1. The van der Waals surface area contributed by atoms with Gasteiger partial charge >= 0.3 is 0 Å². The van der Waals surface area contributed by atoms with Gasteiger partial charge in [-0.3, -0.25) is 14.5 Å². The molecule has 0 aromatic carbocycles. The third-order valence-electron chi connectivity index (χ3n) is 4.00. The Morgan fingerprint density at radius 3 is 2.75 bits per heavy atom. The van der Waals surface area contributed by atoms with Crippen molar-refractivity contribution in [2.75, 3.05) is 32.7 Å². The molecule has 1 aromatic rings. The molecule has 2 amide bonds. The molecule has 0 saturated carbocycles. The van der Waals surface area contributed by atoms with E-state index in [1.165, 1.54) is 5.56 Å². The van der Waals surface area contributed by atoms with Gasteiger partial charge in [0.05, 0.1) is 5.92 Å². The van der Waals surface area contributed by atoms with Gasteiger partial charge in [0.25, 0.3) is 0 Å². The number of hydrogen-bond acceptors (Lipinski definition) is 4. The number of nitrogens with zero attached hydrogens (tertiary/aromatic N) is 2. The number of hydrogen-bond donors (Lipinski definition) is 1. The molecule has 1 atom stereocenters. The smallest absolute Gasteiger partial charge is 0.228 e. The van der Waals surface area contributed by atoms with Gasteiger partial charge in [0.2, 0.25) is 11.8 Å². The molecule has 1 unspecified atom stereocenters. The van der Waals surface area contributed by atoms with Gasteiger partial charge in [-0.25, -0.2) is 0 Å². The summed E-state index contributed by atoms with van der Waals surface area (Å²) in [6.45, 7) is 4.84. The number of carbonyl (C=O) groups is 2. The van der Waals surface area contributed by atoms with Gasteiger partial charge in [0.1, 0.15) is 0 Å². The molecule has 1 N–H and O–H groups in total. The van der Waals surface area contributed by atoms with Crippen molar-refractivity contribution in [3.05, 3.63) is 22.4 Å². The minimum absolute atomic E-state index is 0.000515. The van der Waals surface area contributed by atoms with E-state index in [-0.39, 0.29) is 17.7 Å². The number of amides is 2. The Bertz CT molecular complexity index is 481. The van der Waals surface area contributed by atoms with Crippen LogP contribution < -0.4 is 5.32 Å². The molecule has 2 saturated heterocycles. The summed E-state index contributed by atoms with van der Waals surface area (Å²) in [5.41, 5.74) is 1.35. The van der Waals surface area contributed by atoms with Crippen LogP contribution in [0.3, 0.4) is 0 Å². The van der Waals surface area contributed by atoms with Crippen molar-refractivity contribution in [3.8, 4) is 0 Å². The fourth-order valence-electron chi connectivity index (χ4n) is 2.81. The van der Waals surface area contributed by atoms with Gasteiger partial charge in [-0.15, -0.1) is 0 Å². The predicted molar refractivity (Wildman–Crippen MR) is 77.3 cm³/mol. The number of carbonyl (C=O) groups excluding carboxylic acids is 2. The minimum atomic E-state index is -0.147. The highest BCUT2D eigenvalue weighted by Crippen LogP contribution is 2.16. The molecular formula is C14H19N3O2S. The minimum Gasteiger partial charge on any atom is -0.355 e. The molecule has 0 radical (unpaired) electrons. The summed E-state index contributed by atoms with van der Waals surface area (Å²) in [4.78, 5) is 27.8. The van der Waals surface area contributed by atoms with Crippen LogP contribution in [0.15, 0.2) is 16.8 Å². The van der Waals surface area contributed by atoms with Gasteiger partial charge in [0, 0.05) is 45.7 Å². The van der Waals surface area contributed by atoms with Crippen molar-refractivity contribution in [3.63, 3.8) is 0 Å². The predicted octanol–water partition coefficient (Wildman–Crippen LogP) is 0.528. The third-order valence-corrected chi connectivity index (χ3v) is 4.73. The summed E-state index contributed by atoms with van der Waals surface area (Å²) in [5, 5.41) is 7.00. The summed E-state index contributed by atoms with van der Waals surface area (Å²) < 4.78 is 0. The summed E-state index contributed by atoms with van der Waals surface area (Å²) in [6.07, 6.45) is 0.355. The summed E-state index contributed by atoms with van der Waals surface area (Å²) >= 11 is 1.72. The second-order valence-corrected chi connectivity index (χ2v) is 6.22. The van der Waals surface area contributed by atoms with Crippen LogP contribution in [0.2, 0.25) is 0 Å². The molecule has 3 rings (SSSR count). The second kappa shape index (κ2) is 5.93. The van der Waals surface area contributed by atoms with E-state index in [1.807, 2.05) is 4.90 Å². The number of rotatable bonds is 3. The topological polar surface area (TPSA) is 52.7 Å². The van der Waals surface area contributed by atoms with Crippen LogP contribution in [-0.2, 0) is 16.1 Å². The lowest BCUT2D eigenvalue weighted by Gasteiger charge is -2.35. The van der Waals surface area contributed by atoms with Crippen molar-refractivity contribution >= 4 is 23.2 Å². The largest absolute Gasteiger partial charge is 0.355 e. The highest BCUT2D eigenvalue weighted by atomic mass is 32.1. The lowest BCUT2D eigenvalue weighted by Crippen LogP contribution is -2.50. The fourth-order valence-corrected chi connectivity index (χ4v) is 3.46. The van der Waals surface area contributed by atoms with E-state index in [9.17, 15) is 9.59 Å². The lowest BCUT2D eigenvalue weighted by molar-refractivity contribution is -0.137. The first-order valence-electron chi connectivity index (χ1n) is 7.01. The van der Waals surface area contributed by atoms with E-state index in [0.717, 1.165) is 32.7 Å². The molecule has 0 bridgehead atoms. The van der Waals surface area contributed by atoms with Crippen LogP contribution in [0.5, 0.6) is 0 Å². The van der Waals surface area contributed by atoms with Gasteiger partial charge in [-0.05, 0) is 22.4 Å². The van der Waals surface area contributed by atoms with Crippen LogP contribution in [0.1, 0.15) is 12.0 Å². The van der Waals surface area contributed by atoms with Crippen LogP contribution in [-0.4, -0.2) is 54.3 Å². The SMILES string of the molecule is O=C1CC(C(=O)N2CCN(Cc3ccsc3)CC2)CN1. The highest BCUT2D eigenvalue weighted by molar-refractivity contribution is 7.07. The molecule has 108 valence electrons. The van der Waals surface area contributed by atoms with Gasteiger partial charge in [-0.2, -0.15) is 11.3 Å². The van der Waals surface area contributed by atoms with Gasteiger partial charge in [-0.1, -0.05) is 0 Å². The molecule has 3 heterocycles.